The van der Waals surface area contributed by atoms with Crippen molar-refractivity contribution in [3.8, 4) is 0 Å². The fourth-order valence-corrected chi connectivity index (χ4v) is 2.59. The quantitative estimate of drug-likeness (QED) is 0.866. The van der Waals surface area contributed by atoms with Gasteiger partial charge in [-0.1, -0.05) is 12.2 Å². The van der Waals surface area contributed by atoms with Crippen LogP contribution >= 0.6 is 12.2 Å². The van der Waals surface area contributed by atoms with E-state index in [1.807, 2.05) is 18.2 Å². The van der Waals surface area contributed by atoms with Crippen molar-refractivity contribution in [2.24, 2.45) is 5.73 Å². The van der Waals surface area contributed by atoms with Crippen LogP contribution in [-0.2, 0) is 0 Å². The Balaban J connectivity index is 1.64. The molecule has 108 valence electrons. The highest BCUT2D eigenvalue weighted by Gasteiger charge is 2.18. The smallest absolute Gasteiger partial charge is 0.225 e. The number of hydrogen-bond acceptors (Lipinski definition) is 5. The highest BCUT2D eigenvalue weighted by atomic mass is 32.1. The van der Waals surface area contributed by atoms with Crippen LogP contribution in [0.5, 0.6) is 0 Å². The molecule has 0 unspecified atom stereocenters. The summed E-state index contributed by atoms with van der Waals surface area (Å²) in [6.07, 6.45) is 3.56. The van der Waals surface area contributed by atoms with E-state index in [-0.39, 0.29) is 0 Å². The summed E-state index contributed by atoms with van der Waals surface area (Å²) in [5.74, 6) is 0.806. The number of aromatic nitrogens is 2. The molecule has 1 saturated heterocycles. The zero-order chi connectivity index (χ0) is 14.7. The second kappa shape index (κ2) is 6.05. The third-order valence-electron chi connectivity index (χ3n) is 3.63. The van der Waals surface area contributed by atoms with Crippen molar-refractivity contribution in [2.45, 2.75) is 0 Å². The number of thiocarbonyl (C=S) groups is 1. The third kappa shape index (κ3) is 3.11. The Hall–Kier alpha value is -2.21. The van der Waals surface area contributed by atoms with E-state index in [4.69, 9.17) is 18.0 Å². The lowest BCUT2D eigenvalue weighted by atomic mass is 10.2. The van der Waals surface area contributed by atoms with Gasteiger partial charge in [0.25, 0.3) is 0 Å². The predicted octanol–water partition coefficient (Wildman–Crippen LogP) is 1.44. The van der Waals surface area contributed by atoms with E-state index >= 15 is 0 Å². The minimum absolute atomic E-state index is 0.438. The van der Waals surface area contributed by atoms with E-state index in [0.29, 0.717) is 4.99 Å². The SMILES string of the molecule is NC(=S)c1ccc(N2CCN(c3ncccn3)CC2)cc1. The highest BCUT2D eigenvalue weighted by Crippen LogP contribution is 2.18. The van der Waals surface area contributed by atoms with E-state index in [9.17, 15) is 0 Å². The summed E-state index contributed by atoms with van der Waals surface area (Å²) in [6.45, 7) is 3.73. The van der Waals surface area contributed by atoms with Gasteiger partial charge in [-0.15, -0.1) is 0 Å². The molecule has 1 aromatic carbocycles. The zero-order valence-electron chi connectivity index (χ0n) is 11.6. The first-order valence-electron chi connectivity index (χ1n) is 6.91. The molecule has 2 N–H and O–H groups in total. The van der Waals surface area contributed by atoms with Gasteiger partial charge in [0.1, 0.15) is 4.99 Å². The molecular weight excluding hydrogens is 282 g/mol. The van der Waals surface area contributed by atoms with Crippen molar-refractivity contribution >= 4 is 28.8 Å². The number of nitrogens with two attached hydrogens (primary N) is 1. The molecule has 3 rings (SSSR count). The number of nitrogens with zero attached hydrogens (tertiary/aromatic N) is 4. The lowest BCUT2D eigenvalue weighted by Crippen LogP contribution is -2.47. The third-order valence-corrected chi connectivity index (χ3v) is 3.87. The van der Waals surface area contributed by atoms with E-state index < -0.39 is 0 Å². The van der Waals surface area contributed by atoms with Crippen LogP contribution in [0.3, 0.4) is 0 Å². The normalized spacial score (nSPS) is 15.0. The standard InChI is InChI=1S/C15H17N5S/c16-14(21)12-2-4-13(5-3-12)19-8-10-20(11-9-19)15-17-6-1-7-18-15/h1-7H,8-11H2,(H2,16,21). The van der Waals surface area contributed by atoms with E-state index in [0.717, 1.165) is 37.7 Å². The fraction of sp³-hybridized carbons (Fsp3) is 0.267. The number of piperazine rings is 1. The molecule has 1 aliphatic rings. The van der Waals surface area contributed by atoms with Gasteiger partial charge in [0.15, 0.2) is 0 Å². The fourth-order valence-electron chi connectivity index (χ4n) is 2.46. The van der Waals surface area contributed by atoms with Gasteiger partial charge in [-0.3, -0.25) is 0 Å². The van der Waals surface area contributed by atoms with Gasteiger partial charge in [0.2, 0.25) is 5.95 Å². The van der Waals surface area contributed by atoms with Crippen molar-refractivity contribution in [3.05, 3.63) is 48.3 Å². The summed E-state index contributed by atoms with van der Waals surface area (Å²) in [5.41, 5.74) is 7.73. The maximum absolute atomic E-state index is 5.62. The van der Waals surface area contributed by atoms with Crippen LogP contribution in [0, 0.1) is 0 Å². The molecule has 21 heavy (non-hydrogen) atoms. The van der Waals surface area contributed by atoms with Gasteiger partial charge in [-0.25, -0.2) is 9.97 Å². The van der Waals surface area contributed by atoms with Crippen molar-refractivity contribution in [1.29, 1.82) is 0 Å². The van der Waals surface area contributed by atoms with Crippen LogP contribution in [0.1, 0.15) is 5.56 Å². The maximum Gasteiger partial charge on any atom is 0.225 e. The van der Waals surface area contributed by atoms with Gasteiger partial charge >= 0.3 is 0 Å². The summed E-state index contributed by atoms with van der Waals surface area (Å²) < 4.78 is 0. The van der Waals surface area contributed by atoms with Gasteiger partial charge in [-0.05, 0) is 30.3 Å². The van der Waals surface area contributed by atoms with Crippen LogP contribution in [0.2, 0.25) is 0 Å². The average molecular weight is 299 g/mol. The minimum Gasteiger partial charge on any atom is -0.389 e. The number of rotatable bonds is 3. The molecular formula is C15H17N5S. The van der Waals surface area contributed by atoms with Gasteiger partial charge < -0.3 is 15.5 Å². The zero-order valence-corrected chi connectivity index (χ0v) is 12.5. The molecule has 0 aliphatic carbocycles. The second-order valence-corrected chi connectivity index (χ2v) is 5.37. The van der Waals surface area contributed by atoms with Gasteiger partial charge in [0.05, 0.1) is 0 Å². The van der Waals surface area contributed by atoms with E-state index in [1.165, 1.54) is 5.69 Å². The number of hydrogen-bond donors (Lipinski definition) is 1. The van der Waals surface area contributed by atoms with Crippen LogP contribution < -0.4 is 15.5 Å². The Kier molecular flexibility index (Phi) is 3.96. The van der Waals surface area contributed by atoms with Gasteiger partial charge in [0, 0.05) is 49.8 Å². The Morgan fingerprint density at radius 3 is 2.10 bits per heavy atom. The number of benzene rings is 1. The molecule has 1 aliphatic heterocycles. The summed E-state index contributed by atoms with van der Waals surface area (Å²) >= 11 is 4.97. The van der Waals surface area contributed by atoms with Crippen molar-refractivity contribution in [1.82, 2.24) is 9.97 Å². The van der Waals surface area contributed by atoms with Crippen LogP contribution in [-0.4, -0.2) is 41.1 Å². The topological polar surface area (TPSA) is 58.3 Å². The molecule has 0 saturated carbocycles. The Morgan fingerprint density at radius 2 is 1.52 bits per heavy atom. The number of anilines is 2. The van der Waals surface area contributed by atoms with Crippen molar-refractivity contribution in [2.75, 3.05) is 36.0 Å². The average Bonchev–Trinajstić information content (AvgIpc) is 2.56. The largest absolute Gasteiger partial charge is 0.389 e. The van der Waals surface area contributed by atoms with Crippen molar-refractivity contribution in [3.63, 3.8) is 0 Å². The molecule has 6 heteroatoms. The van der Waals surface area contributed by atoms with Crippen LogP contribution in [0.4, 0.5) is 11.6 Å². The molecule has 1 aromatic heterocycles. The van der Waals surface area contributed by atoms with Crippen LogP contribution in [0.15, 0.2) is 42.7 Å². The first kappa shape index (κ1) is 13.8. The molecule has 0 spiro atoms. The molecule has 5 nitrogen and oxygen atoms in total. The monoisotopic (exact) mass is 299 g/mol. The molecule has 2 aromatic rings. The van der Waals surface area contributed by atoms with Gasteiger partial charge in [-0.2, -0.15) is 0 Å². The first-order valence-corrected chi connectivity index (χ1v) is 7.31. The molecule has 0 bridgehead atoms. The lowest BCUT2D eigenvalue weighted by Gasteiger charge is -2.36. The Bertz CT molecular complexity index is 606. The highest BCUT2D eigenvalue weighted by molar-refractivity contribution is 7.80. The van der Waals surface area contributed by atoms with E-state index in [1.54, 1.807) is 12.4 Å². The maximum atomic E-state index is 5.62. The molecule has 2 heterocycles. The van der Waals surface area contributed by atoms with E-state index in [2.05, 4.69) is 31.9 Å². The molecule has 0 radical (unpaired) electrons. The Labute approximate surface area is 129 Å². The summed E-state index contributed by atoms with van der Waals surface area (Å²) in [7, 11) is 0. The summed E-state index contributed by atoms with van der Waals surface area (Å²) in [5, 5.41) is 0. The summed E-state index contributed by atoms with van der Waals surface area (Å²) in [4.78, 5) is 13.6. The first-order chi connectivity index (χ1) is 10.2. The second-order valence-electron chi connectivity index (χ2n) is 4.93. The molecule has 1 fully saturated rings. The molecule has 0 amide bonds. The Morgan fingerprint density at radius 1 is 0.952 bits per heavy atom. The van der Waals surface area contributed by atoms with Crippen LogP contribution in [0.25, 0.3) is 0 Å². The molecule has 0 atom stereocenters. The lowest BCUT2D eigenvalue weighted by molar-refractivity contribution is 0.640. The minimum atomic E-state index is 0.438. The van der Waals surface area contributed by atoms with Crippen molar-refractivity contribution < 1.29 is 0 Å². The summed E-state index contributed by atoms with van der Waals surface area (Å²) in [6, 6.07) is 9.93. The predicted molar refractivity (Wildman–Crippen MR) is 88.8 cm³/mol.